The van der Waals surface area contributed by atoms with Crippen molar-refractivity contribution in [1.29, 1.82) is 0 Å². The van der Waals surface area contributed by atoms with Crippen LogP contribution in [0.3, 0.4) is 0 Å². The van der Waals surface area contributed by atoms with E-state index in [9.17, 15) is 23.1 Å². The number of hydrogen-bond donors (Lipinski definition) is 0. The minimum atomic E-state index is -3.84. The Morgan fingerprint density at radius 2 is 2.24 bits per heavy atom. The number of β-lactam (4-membered cyclic amide) rings is 1. The molecule has 11 heteroatoms. The number of aliphatic carboxylic acids is 1. The van der Waals surface area contributed by atoms with Crippen LogP contribution in [0.25, 0.3) is 0 Å². The monoisotopic (exact) mass is 322 g/mol. The van der Waals surface area contributed by atoms with Gasteiger partial charge in [-0.25, -0.2) is 8.42 Å². The Morgan fingerprint density at radius 3 is 2.71 bits per heavy atom. The fourth-order valence-electron chi connectivity index (χ4n) is 2.91. The maximum Gasteiger partial charge on any atom is 1.00 e. The van der Waals surface area contributed by atoms with Gasteiger partial charge in [0.15, 0.2) is 9.84 Å². The SMILES string of the molecule is C[C@]1(Cn2ccnn2)[C@H](C(=O)[O-])N2C(=O)C[C@@H]2S1(=O)=O.[Na+]. The topological polar surface area (TPSA) is 125 Å². The predicted molar refractivity (Wildman–Crippen MR) is 61.4 cm³/mol. The average molecular weight is 322 g/mol. The van der Waals surface area contributed by atoms with Crippen LogP contribution in [0.4, 0.5) is 0 Å². The molecular weight excluding hydrogens is 311 g/mol. The van der Waals surface area contributed by atoms with Crippen LogP contribution in [0.1, 0.15) is 13.3 Å². The number of fused-ring (bicyclic) bond motifs is 1. The third kappa shape index (κ3) is 2.04. The zero-order valence-corrected chi connectivity index (χ0v) is 14.3. The molecule has 9 nitrogen and oxygen atoms in total. The van der Waals surface area contributed by atoms with Gasteiger partial charge in [0.1, 0.15) is 10.1 Å². The molecule has 2 fully saturated rings. The van der Waals surface area contributed by atoms with E-state index in [0.717, 1.165) is 4.90 Å². The van der Waals surface area contributed by atoms with Crippen LogP contribution >= 0.6 is 0 Å². The largest absolute Gasteiger partial charge is 1.00 e. The Hall–Kier alpha value is -0.970. The second-order valence-electron chi connectivity index (χ2n) is 5.14. The van der Waals surface area contributed by atoms with Crippen molar-refractivity contribution >= 4 is 21.7 Å². The van der Waals surface area contributed by atoms with E-state index in [-0.39, 0.29) is 42.5 Å². The van der Waals surface area contributed by atoms with Gasteiger partial charge >= 0.3 is 29.6 Å². The van der Waals surface area contributed by atoms with Gasteiger partial charge in [0.05, 0.1) is 31.2 Å². The average Bonchev–Trinajstić information content (AvgIpc) is 2.87. The summed E-state index contributed by atoms with van der Waals surface area (Å²) in [5.41, 5.74) is 0. The first kappa shape index (κ1) is 16.4. The van der Waals surface area contributed by atoms with Crippen LogP contribution in [-0.4, -0.2) is 56.4 Å². The van der Waals surface area contributed by atoms with Crippen molar-refractivity contribution in [3.8, 4) is 0 Å². The molecule has 1 amide bonds. The molecule has 21 heavy (non-hydrogen) atoms. The zero-order valence-electron chi connectivity index (χ0n) is 11.5. The molecule has 2 saturated heterocycles. The number of carbonyl (C=O) groups excluding carboxylic acids is 2. The Labute approximate surface area is 142 Å². The van der Waals surface area contributed by atoms with E-state index in [4.69, 9.17) is 0 Å². The van der Waals surface area contributed by atoms with Gasteiger partial charge in [0, 0.05) is 6.20 Å². The summed E-state index contributed by atoms with van der Waals surface area (Å²) in [6.07, 6.45) is 2.61. The van der Waals surface area contributed by atoms with Crippen LogP contribution in [-0.2, 0) is 26.0 Å². The van der Waals surface area contributed by atoms with E-state index in [1.807, 2.05) is 0 Å². The van der Waals surface area contributed by atoms with Crippen molar-refractivity contribution in [1.82, 2.24) is 19.9 Å². The molecule has 0 N–H and O–H groups in total. The summed E-state index contributed by atoms with van der Waals surface area (Å²) in [6.45, 7) is 1.10. The molecule has 0 saturated carbocycles. The Kier molecular flexibility index (Phi) is 3.94. The predicted octanol–water partition coefficient (Wildman–Crippen LogP) is -5.85. The van der Waals surface area contributed by atoms with Crippen LogP contribution in [0.15, 0.2) is 12.4 Å². The molecule has 0 unspecified atom stereocenters. The molecule has 2 aliphatic heterocycles. The molecule has 2 aliphatic rings. The number of sulfone groups is 1. The van der Waals surface area contributed by atoms with Crippen LogP contribution in [0, 0.1) is 0 Å². The second-order valence-corrected chi connectivity index (χ2v) is 7.71. The number of rotatable bonds is 3. The number of aromatic nitrogens is 3. The Bertz CT molecular complexity index is 690. The summed E-state index contributed by atoms with van der Waals surface area (Å²) in [5, 5.41) is 17.5. The van der Waals surface area contributed by atoms with Crippen molar-refractivity contribution in [3.63, 3.8) is 0 Å². The molecule has 1 aromatic rings. The number of carboxylic acids is 1. The molecular formula is C10H11N4NaO5S. The van der Waals surface area contributed by atoms with Gasteiger partial charge < -0.3 is 14.8 Å². The Morgan fingerprint density at radius 1 is 1.57 bits per heavy atom. The van der Waals surface area contributed by atoms with E-state index in [1.165, 1.54) is 24.0 Å². The number of carbonyl (C=O) groups is 2. The van der Waals surface area contributed by atoms with E-state index in [2.05, 4.69) is 10.3 Å². The number of hydrogen-bond acceptors (Lipinski definition) is 7. The summed E-state index contributed by atoms with van der Waals surface area (Å²) < 4.78 is 24.6. The fraction of sp³-hybridized carbons (Fsp3) is 0.600. The van der Waals surface area contributed by atoms with E-state index in [0.29, 0.717) is 0 Å². The summed E-state index contributed by atoms with van der Waals surface area (Å²) in [7, 11) is -3.84. The maximum atomic E-state index is 12.5. The molecule has 1 aromatic heterocycles. The third-order valence-corrected chi connectivity index (χ3v) is 6.75. The van der Waals surface area contributed by atoms with Gasteiger partial charge in [-0.3, -0.25) is 9.48 Å². The number of nitrogens with zero attached hydrogens (tertiary/aromatic N) is 4. The van der Waals surface area contributed by atoms with Crippen molar-refractivity contribution in [3.05, 3.63) is 12.4 Å². The van der Waals surface area contributed by atoms with Gasteiger partial charge in [0.25, 0.3) is 0 Å². The van der Waals surface area contributed by atoms with Gasteiger partial charge in [-0.1, -0.05) is 5.21 Å². The summed E-state index contributed by atoms with van der Waals surface area (Å²) in [6, 6.07) is -1.51. The summed E-state index contributed by atoms with van der Waals surface area (Å²) >= 11 is 0. The van der Waals surface area contributed by atoms with Crippen LogP contribution in [0.5, 0.6) is 0 Å². The Balaban J connectivity index is 0.00000161. The summed E-state index contributed by atoms with van der Waals surface area (Å²) in [4.78, 5) is 23.8. The van der Waals surface area contributed by atoms with Crippen molar-refractivity contribution in [2.45, 2.75) is 36.1 Å². The molecule has 3 rings (SSSR count). The van der Waals surface area contributed by atoms with Crippen molar-refractivity contribution < 1.29 is 52.7 Å². The van der Waals surface area contributed by atoms with E-state index in [1.54, 1.807) is 0 Å². The minimum Gasteiger partial charge on any atom is -0.548 e. The van der Waals surface area contributed by atoms with Gasteiger partial charge in [0.2, 0.25) is 5.91 Å². The first-order valence-electron chi connectivity index (χ1n) is 5.88. The molecule has 0 bridgehead atoms. The van der Waals surface area contributed by atoms with E-state index >= 15 is 0 Å². The van der Waals surface area contributed by atoms with Crippen LogP contribution in [0.2, 0.25) is 0 Å². The minimum absolute atomic E-state index is 0. The standard InChI is InChI=1S/C10H12N4O5S.Na/c1-10(5-13-3-2-11-12-13)8(9(16)17)14-6(15)4-7(14)20(10,18)19;/h2-3,7-8H,4-5H2,1H3,(H,16,17);/q;+1/p-1/t7-,8-,10-;/m0./s1. The maximum absolute atomic E-state index is 12.5. The second kappa shape index (κ2) is 5.04. The molecule has 108 valence electrons. The fourth-order valence-corrected chi connectivity index (χ4v) is 5.26. The van der Waals surface area contributed by atoms with Crippen molar-refractivity contribution in [2.75, 3.05) is 0 Å². The molecule has 0 radical (unpaired) electrons. The zero-order chi connectivity index (χ0) is 14.7. The quantitative estimate of drug-likeness (QED) is 0.401. The smallest absolute Gasteiger partial charge is 0.548 e. The first-order chi connectivity index (χ1) is 9.29. The molecule has 0 aromatic carbocycles. The molecule has 0 aliphatic carbocycles. The number of amides is 1. The van der Waals surface area contributed by atoms with Gasteiger partial charge in [-0.2, -0.15) is 0 Å². The third-order valence-electron chi connectivity index (χ3n) is 3.98. The normalized spacial score (nSPS) is 33.0. The molecule has 3 heterocycles. The molecule has 3 atom stereocenters. The summed E-state index contributed by atoms with van der Waals surface area (Å²) in [5.74, 6) is -2.07. The van der Waals surface area contributed by atoms with Crippen LogP contribution < -0.4 is 34.7 Å². The van der Waals surface area contributed by atoms with Gasteiger partial charge in [-0.05, 0) is 6.92 Å². The van der Waals surface area contributed by atoms with Crippen molar-refractivity contribution in [2.24, 2.45) is 0 Å². The molecule has 0 spiro atoms. The number of carboxylic acid groups (broad SMARTS) is 1. The first-order valence-corrected chi connectivity index (χ1v) is 7.43. The van der Waals surface area contributed by atoms with E-state index < -0.39 is 37.9 Å². The van der Waals surface area contributed by atoms with Gasteiger partial charge in [-0.15, -0.1) is 5.10 Å².